The predicted molar refractivity (Wildman–Crippen MR) is 114 cm³/mol. The molecule has 2 aromatic carbocycles. The number of alkyl carbamates (subject to hydrolysis) is 1. The molecular formula is C23H28FN3O4. The Balaban J connectivity index is 1.58. The Morgan fingerprint density at radius 1 is 0.968 bits per heavy atom. The van der Waals surface area contributed by atoms with Crippen LogP contribution in [0.15, 0.2) is 54.6 Å². The van der Waals surface area contributed by atoms with Gasteiger partial charge < -0.3 is 21.1 Å². The molecule has 0 saturated heterocycles. The standard InChI is InChI=1S/C23H28FN3O4/c24-19-12-7-6-11-18(19)15-20(22(25)29)27-21(28)13-5-2-8-14-26-23(30)31-16-17-9-3-1-4-10-17/h1,3-4,6-7,9-12,20H,2,5,8,13-16H2,(H2,25,29)(H,26,30)(H,27,28)/t20-/m1/s1. The Morgan fingerprint density at radius 2 is 1.68 bits per heavy atom. The molecule has 3 amide bonds. The third kappa shape index (κ3) is 9.29. The van der Waals surface area contributed by atoms with Crippen molar-refractivity contribution in [3.05, 3.63) is 71.5 Å². The maximum absolute atomic E-state index is 13.8. The lowest BCUT2D eigenvalue weighted by Crippen LogP contribution is -2.45. The van der Waals surface area contributed by atoms with Gasteiger partial charge in [0.15, 0.2) is 0 Å². The molecule has 0 spiro atoms. The molecule has 2 aromatic rings. The van der Waals surface area contributed by atoms with Crippen LogP contribution in [-0.2, 0) is 27.4 Å². The van der Waals surface area contributed by atoms with Crippen molar-refractivity contribution in [2.24, 2.45) is 5.73 Å². The summed E-state index contributed by atoms with van der Waals surface area (Å²) in [6, 6.07) is 14.5. The molecule has 0 aliphatic rings. The first-order chi connectivity index (χ1) is 15.0. The number of primary amides is 1. The topological polar surface area (TPSA) is 111 Å². The number of nitrogens with two attached hydrogens (primary N) is 1. The van der Waals surface area contributed by atoms with Gasteiger partial charge in [-0.1, -0.05) is 55.0 Å². The summed E-state index contributed by atoms with van der Waals surface area (Å²) >= 11 is 0. The molecular weight excluding hydrogens is 401 g/mol. The van der Waals surface area contributed by atoms with Crippen LogP contribution in [0.4, 0.5) is 9.18 Å². The van der Waals surface area contributed by atoms with Gasteiger partial charge in [-0.15, -0.1) is 0 Å². The van der Waals surface area contributed by atoms with E-state index in [0.717, 1.165) is 5.56 Å². The highest BCUT2D eigenvalue weighted by molar-refractivity contribution is 5.86. The second-order valence-corrected chi connectivity index (χ2v) is 7.12. The van der Waals surface area contributed by atoms with Crippen LogP contribution >= 0.6 is 0 Å². The SMILES string of the molecule is NC(=O)[C@@H](Cc1ccccc1F)NC(=O)CCCCCNC(=O)OCc1ccccc1. The minimum atomic E-state index is -0.967. The fourth-order valence-electron chi connectivity index (χ4n) is 2.93. The summed E-state index contributed by atoms with van der Waals surface area (Å²) in [5.41, 5.74) is 6.57. The van der Waals surface area contributed by atoms with E-state index in [1.54, 1.807) is 18.2 Å². The summed E-state index contributed by atoms with van der Waals surface area (Å²) < 4.78 is 18.9. The minimum Gasteiger partial charge on any atom is -0.445 e. The first-order valence-electron chi connectivity index (χ1n) is 10.2. The molecule has 0 unspecified atom stereocenters. The molecule has 0 bridgehead atoms. The smallest absolute Gasteiger partial charge is 0.407 e. The molecule has 0 aliphatic carbocycles. The van der Waals surface area contributed by atoms with Crippen molar-refractivity contribution in [1.29, 1.82) is 0 Å². The normalized spacial score (nSPS) is 11.4. The van der Waals surface area contributed by atoms with Crippen LogP contribution in [-0.4, -0.2) is 30.5 Å². The number of halogens is 1. The van der Waals surface area contributed by atoms with Crippen molar-refractivity contribution in [2.75, 3.05) is 6.54 Å². The third-order valence-electron chi connectivity index (χ3n) is 4.62. The van der Waals surface area contributed by atoms with Crippen LogP contribution < -0.4 is 16.4 Å². The molecule has 166 valence electrons. The van der Waals surface area contributed by atoms with Crippen molar-refractivity contribution in [3.63, 3.8) is 0 Å². The van der Waals surface area contributed by atoms with E-state index in [2.05, 4.69) is 10.6 Å². The van der Waals surface area contributed by atoms with E-state index in [4.69, 9.17) is 10.5 Å². The lowest BCUT2D eigenvalue weighted by Gasteiger charge is -2.16. The number of ether oxygens (including phenoxy) is 1. The zero-order valence-corrected chi connectivity index (χ0v) is 17.3. The zero-order chi connectivity index (χ0) is 22.5. The molecule has 31 heavy (non-hydrogen) atoms. The third-order valence-corrected chi connectivity index (χ3v) is 4.62. The maximum Gasteiger partial charge on any atom is 0.407 e. The molecule has 0 radical (unpaired) electrons. The summed E-state index contributed by atoms with van der Waals surface area (Å²) in [4.78, 5) is 35.3. The Hall–Kier alpha value is -3.42. The van der Waals surface area contributed by atoms with Crippen molar-refractivity contribution in [3.8, 4) is 0 Å². The van der Waals surface area contributed by atoms with Gasteiger partial charge in [0, 0.05) is 19.4 Å². The highest BCUT2D eigenvalue weighted by Gasteiger charge is 2.19. The quantitative estimate of drug-likeness (QED) is 0.451. The van der Waals surface area contributed by atoms with Crippen LogP contribution in [0.25, 0.3) is 0 Å². The van der Waals surface area contributed by atoms with E-state index in [1.807, 2.05) is 30.3 Å². The molecule has 0 saturated carbocycles. The molecule has 0 fully saturated rings. The second-order valence-electron chi connectivity index (χ2n) is 7.12. The number of carbonyl (C=O) groups is 3. The lowest BCUT2D eigenvalue weighted by atomic mass is 10.0. The second kappa shape index (κ2) is 13.0. The van der Waals surface area contributed by atoms with Crippen LogP contribution in [0.3, 0.4) is 0 Å². The molecule has 2 rings (SSSR count). The Labute approximate surface area is 181 Å². The number of nitrogens with one attached hydrogen (secondary N) is 2. The Bertz CT molecular complexity index is 861. The highest BCUT2D eigenvalue weighted by atomic mass is 19.1. The van der Waals surface area contributed by atoms with E-state index in [0.29, 0.717) is 31.4 Å². The van der Waals surface area contributed by atoms with Gasteiger partial charge >= 0.3 is 6.09 Å². The van der Waals surface area contributed by atoms with Crippen LogP contribution in [0.1, 0.15) is 36.8 Å². The number of carbonyl (C=O) groups excluding carboxylic acids is 3. The van der Waals surface area contributed by atoms with Gasteiger partial charge in [0.25, 0.3) is 0 Å². The summed E-state index contributed by atoms with van der Waals surface area (Å²) in [7, 11) is 0. The number of hydrogen-bond donors (Lipinski definition) is 3. The average Bonchev–Trinajstić information content (AvgIpc) is 2.76. The summed E-state index contributed by atoms with van der Waals surface area (Å²) in [5, 5.41) is 5.23. The number of hydrogen-bond acceptors (Lipinski definition) is 4. The van der Waals surface area contributed by atoms with Crippen LogP contribution in [0, 0.1) is 5.82 Å². The van der Waals surface area contributed by atoms with E-state index < -0.39 is 23.9 Å². The number of rotatable bonds is 12. The van der Waals surface area contributed by atoms with Crippen LogP contribution in [0.2, 0.25) is 0 Å². The van der Waals surface area contributed by atoms with Gasteiger partial charge in [0.1, 0.15) is 18.5 Å². The fourth-order valence-corrected chi connectivity index (χ4v) is 2.93. The first kappa shape index (κ1) is 23.9. The minimum absolute atomic E-state index is 0.00274. The van der Waals surface area contributed by atoms with Crippen molar-refractivity contribution >= 4 is 17.9 Å². The molecule has 4 N–H and O–H groups in total. The van der Waals surface area contributed by atoms with Gasteiger partial charge in [-0.25, -0.2) is 9.18 Å². The van der Waals surface area contributed by atoms with E-state index in [9.17, 15) is 18.8 Å². The molecule has 1 atom stereocenters. The largest absolute Gasteiger partial charge is 0.445 e. The van der Waals surface area contributed by atoms with Gasteiger partial charge in [-0.3, -0.25) is 9.59 Å². The number of unbranched alkanes of at least 4 members (excludes halogenated alkanes) is 2. The summed E-state index contributed by atoms with van der Waals surface area (Å²) in [6.45, 7) is 0.646. The highest BCUT2D eigenvalue weighted by Crippen LogP contribution is 2.10. The molecule has 0 aliphatic heterocycles. The monoisotopic (exact) mass is 429 g/mol. The molecule has 0 aromatic heterocycles. The van der Waals surface area contributed by atoms with Gasteiger partial charge in [-0.2, -0.15) is 0 Å². The average molecular weight is 429 g/mol. The predicted octanol–water partition coefficient (Wildman–Crippen LogP) is 2.83. The van der Waals surface area contributed by atoms with Gasteiger partial charge in [0.2, 0.25) is 11.8 Å². The van der Waals surface area contributed by atoms with E-state index in [1.165, 1.54) is 6.07 Å². The maximum atomic E-state index is 13.8. The molecule has 0 heterocycles. The zero-order valence-electron chi connectivity index (χ0n) is 17.3. The molecule has 7 nitrogen and oxygen atoms in total. The Morgan fingerprint density at radius 3 is 2.39 bits per heavy atom. The van der Waals surface area contributed by atoms with E-state index in [-0.39, 0.29) is 25.4 Å². The van der Waals surface area contributed by atoms with E-state index >= 15 is 0 Å². The first-order valence-corrected chi connectivity index (χ1v) is 10.2. The van der Waals surface area contributed by atoms with Crippen molar-refractivity contribution < 1.29 is 23.5 Å². The summed E-state index contributed by atoms with van der Waals surface area (Å²) in [6.07, 6.45) is 1.70. The summed E-state index contributed by atoms with van der Waals surface area (Å²) in [5.74, 6) is -1.48. The lowest BCUT2D eigenvalue weighted by molar-refractivity contribution is -0.127. The van der Waals surface area contributed by atoms with Crippen molar-refractivity contribution in [1.82, 2.24) is 10.6 Å². The van der Waals surface area contributed by atoms with Gasteiger partial charge in [0.05, 0.1) is 0 Å². The Kier molecular flexibility index (Phi) is 10.0. The van der Waals surface area contributed by atoms with Crippen LogP contribution in [0.5, 0.6) is 0 Å². The number of amides is 3. The fraction of sp³-hybridized carbons (Fsp3) is 0.348. The van der Waals surface area contributed by atoms with Gasteiger partial charge in [-0.05, 0) is 30.0 Å². The van der Waals surface area contributed by atoms with Crippen molar-refractivity contribution in [2.45, 2.75) is 44.8 Å². The molecule has 8 heteroatoms. The number of benzene rings is 2.